The summed E-state index contributed by atoms with van der Waals surface area (Å²) >= 11 is 6.07. The van der Waals surface area contributed by atoms with Gasteiger partial charge in [0.25, 0.3) is 5.91 Å². The second-order valence-corrected chi connectivity index (χ2v) is 4.57. The molecule has 7 heteroatoms. The molecule has 0 bridgehead atoms. The molecule has 0 saturated heterocycles. The standard InChI is InChI=1S/C12H14ClN5O/c1-6-10(11(15)19)12(18(2)17-6)16-9-5-7(14)3-4-8(9)13/h3-5,16H,14H2,1-2H3,(H2,15,19). The monoisotopic (exact) mass is 279 g/mol. The molecule has 0 aliphatic heterocycles. The zero-order valence-electron chi connectivity index (χ0n) is 10.6. The van der Waals surface area contributed by atoms with Crippen molar-refractivity contribution in [3.8, 4) is 0 Å². The lowest BCUT2D eigenvalue weighted by Gasteiger charge is -2.10. The average Bonchev–Trinajstić information content (AvgIpc) is 2.59. The highest BCUT2D eigenvalue weighted by atomic mass is 35.5. The zero-order chi connectivity index (χ0) is 14.2. The molecule has 1 aromatic carbocycles. The van der Waals surface area contributed by atoms with Crippen molar-refractivity contribution in [1.82, 2.24) is 9.78 Å². The van der Waals surface area contributed by atoms with E-state index in [1.165, 1.54) is 4.68 Å². The van der Waals surface area contributed by atoms with Gasteiger partial charge in [-0.3, -0.25) is 9.48 Å². The van der Waals surface area contributed by atoms with Crippen molar-refractivity contribution in [3.63, 3.8) is 0 Å². The number of primary amides is 1. The summed E-state index contributed by atoms with van der Waals surface area (Å²) in [6, 6.07) is 5.04. The van der Waals surface area contributed by atoms with Gasteiger partial charge in [0.15, 0.2) is 0 Å². The normalized spacial score (nSPS) is 10.5. The molecule has 0 saturated carbocycles. The molecule has 0 radical (unpaired) electrons. The number of nitrogens with zero attached hydrogens (tertiary/aromatic N) is 2. The fourth-order valence-corrected chi connectivity index (χ4v) is 2.03. The maximum absolute atomic E-state index is 11.5. The summed E-state index contributed by atoms with van der Waals surface area (Å²) < 4.78 is 1.54. The maximum atomic E-state index is 11.5. The van der Waals surface area contributed by atoms with Crippen LogP contribution in [-0.4, -0.2) is 15.7 Å². The number of carbonyl (C=O) groups is 1. The summed E-state index contributed by atoms with van der Waals surface area (Å²) in [5, 5.41) is 7.69. The molecule has 0 aliphatic carbocycles. The van der Waals surface area contributed by atoms with Gasteiger partial charge in [-0.2, -0.15) is 5.10 Å². The van der Waals surface area contributed by atoms with Crippen LogP contribution in [0.1, 0.15) is 16.1 Å². The van der Waals surface area contributed by atoms with Crippen molar-refractivity contribution in [2.45, 2.75) is 6.92 Å². The van der Waals surface area contributed by atoms with Crippen LogP contribution in [0, 0.1) is 6.92 Å². The third kappa shape index (κ3) is 2.48. The van der Waals surface area contributed by atoms with E-state index in [1.807, 2.05) is 0 Å². The number of nitrogens with two attached hydrogens (primary N) is 2. The number of rotatable bonds is 3. The van der Waals surface area contributed by atoms with Crippen LogP contribution in [0.25, 0.3) is 0 Å². The second kappa shape index (κ2) is 4.81. The van der Waals surface area contributed by atoms with Gasteiger partial charge in [0.2, 0.25) is 0 Å². The Balaban J connectivity index is 2.49. The lowest BCUT2D eigenvalue weighted by atomic mass is 10.2. The van der Waals surface area contributed by atoms with Crippen LogP contribution in [0.2, 0.25) is 5.02 Å². The number of carbonyl (C=O) groups excluding carboxylic acids is 1. The lowest BCUT2D eigenvalue weighted by Crippen LogP contribution is -2.14. The third-order valence-corrected chi connectivity index (χ3v) is 3.04. The molecule has 0 atom stereocenters. The fraction of sp³-hybridized carbons (Fsp3) is 0.167. The predicted octanol–water partition coefficient (Wildman–Crippen LogP) is 1.81. The Bertz CT molecular complexity index is 650. The number of benzene rings is 1. The first-order valence-electron chi connectivity index (χ1n) is 5.55. The Labute approximate surface area is 115 Å². The van der Waals surface area contributed by atoms with Crippen LogP contribution in [0.15, 0.2) is 18.2 Å². The van der Waals surface area contributed by atoms with Crippen LogP contribution in [0.5, 0.6) is 0 Å². The maximum Gasteiger partial charge on any atom is 0.254 e. The minimum Gasteiger partial charge on any atom is -0.399 e. The Hall–Kier alpha value is -2.21. The summed E-state index contributed by atoms with van der Waals surface area (Å²) in [5.41, 5.74) is 13.1. The van der Waals surface area contributed by atoms with Crippen molar-refractivity contribution in [2.24, 2.45) is 12.8 Å². The quantitative estimate of drug-likeness (QED) is 0.746. The molecule has 0 fully saturated rings. The van der Waals surface area contributed by atoms with E-state index in [4.69, 9.17) is 23.1 Å². The summed E-state index contributed by atoms with van der Waals surface area (Å²) in [7, 11) is 1.71. The number of anilines is 3. The Morgan fingerprint density at radius 2 is 2.16 bits per heavy atom. The fourth-order valence-electron chi connectivity index (χ4n) is 1.86. The molecule has 19 heavy (non-hydrogen) atoms. The predicted molar refractivity (Wildman–Crippen MR) is 75.6 cm³/mol. The van der Waals surface area contributed by atoms with Gasteiger partial charge in [-0.15, -0.1) is 0 Å². The molecule has 1 amide bonds. The van der Waals surface area contributed by atoms with Crippen LogP contribution < -0.4 is 16.8 Å². The second-order valence-electron chi connectivity index (χ2n) is 4.16. The minimum absolute atomic E-state index is 0.334. The molecule has 100 valence electrons. The van der Waals surface area contributed by atoms with E-state index in [0.29, 0.717) is 33.5 Å². The topological polar surface area (TPSA) is 99.0 Å². The third-order valence-electron chi connectivity index (χ3n) is 2.71. The van der Waals surface area contributed by atoms with Crippen molar-refractivity contribution in [1.29, 1.82) is 0 Å². The van der Waals surface area contributed by atoms with Crippen molar-refractivity contribution >= 4 is 34.7 Å². The average molecular weight is 280 g/mol. The van der Waals surface area contributed by atoms with E-state index in [-0.39, 0.29) is 0 Å². The number of aromatic nitrogens is 2. The number of hydrogen-bond acceptors (Lipinski definition) is 4. The van der Waals surface area contributed by atoms with E-state index in [0.717, 1.165) is 0 Å². The Morgan fingerprint density at radius 3 is 2.79 bits per heavy atom. The van der Waals surface area contributed by atoms with E-state index in [9.17, 15) is 4.79 Å². The molecule has 5 N–H and O–H groups in total. The Kier molecular flexibility index (Phi) is 3.35. The molecule has 2 rings (SSSR count). The molecular weight excluding hydrogens is 266 g/mol. The van der Waals surface area contributed by atoms with Crippen LogP contribution in [0.3, 0.4) is 0 Å². The van der Waals surface area contributed by atoms with Crippen LogP contribution in [-0.2, 0) is 7.05 Å². The van der Waals surface area contributed by atoms with Crippen LogP contribution >= 0.6 is 11.6 Å². The summed E-state index contributed by atoms with van der Waals surface area (Å²) in [6.07, 6.45) is 0. The lowest BCUT2D eigenvalue weighted by molar-refractivity contribution is 0.100. The zero-order valence-corrected chi connectivity index (χ0v) is 11.3. The number of nitrogens with one attached hydrogen (secondary N) is 1. The van der Waals surface area contributed by atoms with E-state index in [1.54, 1.807) is 32.2 Å². The van der Waals surface area contributed by atoms with Crippen LogP contribution in [0.4, 0.5) is 17.2 Å². The molecule has 0 aliphatic rings. The molecule has 1 heterocycles. The molecule has 1 aromatic heterocycles. The molecule has 6 nitrogen and oxygen atoms in total. The van der Waals surface area contributed by atoms with Crippen molar-refractivity contribution < 1.29 is 4.79 Å². The summed E-state index contributed by atoms with van der Waals surface area (Å²) in [4.78, 5) is 11.5. The molecular formula is C12H14ClN5O. The van der Waals surface area contributed by atoms with Gasteiger partial charge in [0, 0.05) is 12.7 Å². The van der Waals surface area contributed by atoms with Gasteiger partial charge in [0.05, 0.1) is 16.4 Å². The molecule has 2 aromatic rings. The molecule has 0 spiro atoms. The van der Waals surface area contributed by atoms with E-state index >= 15 is 0 Å². The highest BCUT2D eigenvalue weighted by molar-refractivity contribution is 6.33. The SMILES string of the molecule is Cc1nn(C)c(Nc2cc(N)ccc2Cl)c1C(N)=O. The minimum atomic E-state index is -0.548. The van der Waals surface area contributed by atoms with Gasteiger partial charge in [0.1, 0.15) is 11.4 Å². The van der Waals surface area contributed by atoms with Gasteiger partial charge >= 0.3 is 0 Å². The van der Waals surface area contributed by atoms with E-state index in [2.05, 4.69) is 10.4 Å². The number of halogens is 1. The highest BCUT2D eigenvalue weighted by Gasteiger charge is 2.18. The van der Waals surface area contributed by atoms with Crippen molar-refractivity contribution in [3.05, 3.63) is 34.5 Å². The number of aryl methyl sites for hydroxylation is 2. The number of nitrogen functional groups attached to an aromatic ring is 1. The first-order chi connectivity index (χ1) is 8.90. The number of amides is 1. The van der Waals surface area contributed by atoms with Gasteiger partial charge < -0.3 is 16.8 Å². The first-order valence-corrected chi connectivity index (χ1v) is 5.93. The smallest absolute Gasteiger partial charge is 0.254 e. The van der Waals surface area contributed by atoms with Gasteiger partial charge in [-0.1, -0.05) is 11.6 Å². The molecule has 0 unspecified atom stereocenters. The first kappa shape index (κ1) is 13.2. The number of hydrogen-bond donors (Lipinski definition) is 3. The summed E-state index contributed by atoms with van der Waals surface area (Å²) in [6.45, 7) is 1.71. The largest absolute Gasteiger partial charge is 0.399 e. The van der Waals surface area contributed by atoms with Gasteiger partial charge in [-0.25, -0.2) is 0 Å². The van der Waals surface area contributed by atoms with E-state index < -0.39 is 5.91 Å². The highest BCUT2D eigenvalue weighted by Crippen LogP contribution is 2.29. The van der Waals surface area contributed by atoms with Crippen molar-refractivity contribution in [2.75, 3.05) is 11.1 Å². The summed E-state index contributed by atoms with van der Waals surface area (Å²) in [5.74, 6) is -0.0642. The Morgan fingerprint density at radius 1 is 1.47 bits per heavy atom. The van der Waals surface area contributed by atoms with Gasteiger partial charge in [-0.05, 0) is 25.1 Å².